The quantitative estimate of drug-likeness (QED) is 0.848. The Labute approximate surface area is 132 Å². The highest BCUT2D eigenvalue weighted by molar-refractivity contribution is 5.79. The average molecular weight is 305 g/mol. The molecule has 1 amide bonds. The number of aliphatic hydroxyl groups is 1. The van der Waals surface area contributed by atoms with Crippen LogP contribution in [0.5, 0.6) is 0 Å². The van der Waals surface area contributed by atoms with Crippen molar-refractivity contribution in [3.8, 4) is 0 Å². The molecule has 1 aliphatic rings. The Bertz CT molecular complexity index is 486. The van der Waals surface area contributed by atoms with Crippen molar-refractivity contribution in [3.05, 3.63) is 35.9 Å². The number of nitrogens with one attached hydrogen (secondary N) is 1. The molecule has 1 fully saturated rings. The Morgan fingerprint density at radius 3 is 2.64 bits per heavy atom. The van der Waals surface area contributed by atoms with Gasteiger partial charge in [-0.3, -0.25) is 4.79 Å². The fraction of sp³-hybridized carbons (Fsp3) is 0.611. The number of amides is 1. The van der Waals surface area contributed by atoms with Crippen LogP contribution in [0, 0.1) is 11.3 Å². The van der Waals surface area contributed by atoms with E-state index < -0.39 is 0 Å². The minimum atomic E-state index is -0.299. The van der Waals surface area contributed by atoms with Crippen LogP contribution in [0.4, 0.5) is 0 Å². The lowest BCUT2D eigenvalue weighted by Gasteiger charge is -2.33. The third kappa shape index (κ3) is 3.87. The number of hydrogen-bond donors (Lipinski definition) is 2. The van der Waals surface area contributed by atoms with Gasteiger partial charge in [0.05, 0.1) is 12.0 Å². The van der Waals surface area contributed by atoms with Crippen molar-refractivity contribution in [2.45, 2.75) is 39.2 Å². The lowest BCUT2D eigenvalue weighted by molar-refractivity contribution is -0.126. The Morgan fingerprint density at radius 1 is 1.41 bits per heavy atom. The molecule has 2 rings (SSSR count). The van der Waals surface area contributed by atoms with Crippen LogP contribution in [0.15, 0.2) is 30.3 Å². The maximum atomic E-state index is 12.4. The van der Waals surface area contributed by atoms with Crippen LogP contribution < -0.4 is 5.32 Å². The van der Waals surface area contributed by atoms with E-state index in [0.29, 0.717) is 13.2 Å². The van der Waals surface area contributed by atoms with Crippen LogP contribution in [0.3, 0.4) is 0 Å². The second-order valence-corrected chi connectivity index (χ2v) is 6.83. The molecular formula is C18H27NO3. The number of carbonyl (C=O) groups is 1. The van der Waals surface area contributed by atoms with Gasteiger partial charge in [0.1, 0.15) is 0 Å². The molecule has 1 heterocycles. The van der Waals surface area contributed by atoms with Crippen LogP contribution in [0.2, 0.25) is 0 Å². The highest BCUT2D eigenvalue weighted by Crippen LogP contribution is 2.34. The number of aliphatic hydroxyl groups excluding tert-OH is 1. The fourth-order valence-electron chi connectivity index (χ4n) is 3.05. The fourth-order valence-corrected chi connectivity index (χ4v) is 3.05. The molecule has 0 radical (unpaired) electrons. The van der Waals surface area contributed by atoms with E-state index >= 15 is 0 Å². The van der Waals surface area contributed by atoms with Gasteiger partial charge >= 0.3 is 0 Å². The van der Waals surface area contributed by atoms with E-state index in [0.717, 1.165) is 12.0 Å². The van der Waals surface area contributed by atoms with Gasteiger partial charge in [-0.05, 0) is 24.3 Å². The molecule has 0 aromatic heterocycles. The molecule has 3 atom stereocenters. The van der Waals surface area contributed by atoms with Gasteiger partial charge in [-0.15, -0.1) is 0 Å². The van der Waals surface area contributed by atoms with Crippen molar-refractivity contribution in [2.24, 2.45) is 11.3 Å². The predicted molar refractivity (Wildman–Crippen MR) is 86.6 cm³/mol. The lowest BCUT2D eigenvalue weighted by Crippen LogP contribution is -2.40. The highest BCUT2D eigenvalue weighted by Gasteiger charge is 2.34. The summed E-state index contributed by atoms with van der Waals surface area (Å²) in [4.78, 5) is 12.4. The van der Waals surface area contributed by atoms with Crippen molar-refractivity contribution in [3.63, 3.8) is 0 Å². The van der Waals surface area contributed by atoms with Gasteiger partial charge in [-0.25, -0.2) is 0 Å². The van der Waals surface area contributed by atoms with E-state index in [1.165, 1.54) is 0 Å². The first-order valence-corrected chi connectivity index (χ1v) is 8.01. The zero-order valence-corrected chi connectivity index (χ0v) is 13.7. The molecule has 0 bridgehead atoms. The summed E-state index contributed by atoms with van der Waals surface area (Å²) in [5.41, 5.74) is 0.837. The monoisotopic (exact) mass is 305 g/mol. The molecule has 4 heteroatoms. The largest absolute Gasteiger partial charge is 0.396 e. The van der Waals surface area contributed by atoms with Crippen LogP contribution in [-0.4, -0.2) is 36.9 Å². The molecule has 0 spiro atoms. The van der Waals surface area contributed by atoms with Crippen molar-refractivity contribution in [2.75, 3.05) is 19.8 Å². The lowest BCUT2D eigenvalue weighted by atomic mass is 9.75. The number of carbonyl (C=O) groups excluding carboxylic acids is 1. The van der Waals surface area contributed by atoms with Gasteiger partial charge in [-0.2, -0.15) is 0 Å². The van der Waals surface area contributed by atoms with Gasteiger partial charge in [0.25, 0.3) is 0 Å². The Morgan fingerprint density at radius 2 is 2.09 bits per heavy atom. The van der Waals surface area contributed by atoms with Crippen molar-refractivity contribution < 1.29 is 14.6 Å². The Kier molecular flexibility index (Phi) is 5.59. The van der Waals surface area contributed by atoms with Crippen molar-refractivity contribution in [1.29, 1.82) is 0 Å². The van der Waals surface area contributed by atoms with Crippen LogP contribution in [0.1, 0.15) is 38.7 Å². The zero-order valence-electron chi connectivity index (χ0n) is 13.7. The standard InChI is InChI=1S/C18H27NO3/c1-13-15(9-10-22-13)17(21)19-11-16(18(2,3)12-20)14-7-5-4-6-8-14/h4-8,13,15-16,20H,9-12H2,1-3H3,(H,19,21). The molecule has 1 aliphatic heterocycles. The molecule has 4 nitrogen and oxygen atoms in total. The maximum Gasteiger partial charge on any atom is 0.225 e. The van der Waals surface area contributed by atoms with Crippen molar-refractivity contribution >= 4 is 5.91 Å². The first-order valence-electron chi connectivity index (χ1n) is 8.01. The summed E-state index contributed by atoms with van der Waals surface area (Å²) >= 11 is 0. The van der Waals surface area contributed by atoms with Gasteiger partial charge in [0, 0.05) is 25.7 Å². The Hall–Kier alpha value is -1.39. The minimum Gasteiger partial charge on any atom is -0.396 e. The summed E-state index contributed by atoms with van der Waals surface area (Å²) in [6.07, 6.45) is 0.771. The van der Waals surface area contributed by atoms with E-state index in [9.17, 15) is 9.90 Å². The second kappa shape index (κ2) is 7.25. The molecule has 1 saturated heterocycles. The summed E-state index contributed by atoms with van der Waals surface area (Å²) < 4.78 is 5.47. The van der Waals surface area contributed by atoms with Gasteiger partial charge in [0.15, 0.2) is 0 Å². The summed E-state index contributed by atoms with van der Waals surface area (Å²) in [6, 6.07) is 10.1. The number of rotatable bonds is 6. The highest BCUT2D eigenvalue weighted by atomic mass is 16.5. The smallest absolute Gasteiger partial charge is 0.225 e. The normalized spacial score (nSPS) is 23.3. The van der Waals surface area contributed by atoms with Gasteiger partial charge < -0.3 is 15.2 Å². The first-order chi connectivity index (χ1) is 10.5. The van der Waals surface area contributed by atoms with Crippen LogP contribution >= 0.6 is 0 Å². The molecule has 1 aromatic rings. The molecule has 0 aliphatic carbocycles. The average Bonchev–Trinajstić information content (AvgIpc) is 2.94. The molecule has 3 unspecified atom stereocenters. The topological polar surface area (TPSA) is 58.6 Å². The summed E-state index contributed by atoms with van der Waals surface area (Å²) in [5.74, 6) is 0.0635. The summed E-state index contributed by atoms with van der Waals surface area (Å²) in [6.45, 7) is 7.26. The first kappa shape index (κ1) is 17.0. The molecular weight excluding hydrogens is 278 g/mol. The number of ether oxygens (including phenoxy) is 1. The van der Waals surface area contributed by atoms with Crippen molar-refractivity contribution in [1.82, 2.24) is 5.32 Å². The van der Waals surface area contributed by atoms with E-state index in [2.05, 4.69) is 17.4 Å². The zero-order chi connectivity index (χ0) is 16.2. The third-order valence-electron chi connectivity index (χ3n) is 4.75. The van der Waals surface area contributed by atoms with Gasteiger partial charge in [0.2, 0.25) is 5.91 Å². The number of benzene rings is 1. The third-order valence-corrected chi connectivity index (χ3v) is 4.75. The van der Waals surface area contributed by atoms with E-state index in [4.69, 9.17) is 4.74 Å². The van der Waals surface area contributed by atoms with E-state index in [-0.39, 0.29) is 35.9 Å². The SMILES string of the molecule is CC1OCCC1C(=O)NCC(c1ccccc1)C(C)(C)CO. The Balaban J connectivity index is 2.06. The maximum absolute atomic E-state index is 12.4. The van der Waals surface area contributed by atoms with Gasteiger partial charge in [-0.1, -0.05) is 44.2 Å². The van der Waals surface area contributed by atoms with E-state index in [1.54, 1.807) is 0 Å². The molecule has 1 aromatic carbocycles. The predicted octanol–water partition coefficient (Wildman–Crippen LogP) is 2.33. The summed E-state index contributed by atoms with van der Waals surface area (Å²) in [7, 11) is 0. The molecule has 122 valence electrons. The summed E-state index contributed by atoms with van der Waals surface area (Å²) in [5, 5.41) is 12.8. The number of hydrogen-bond acceptors (Lipinski definition) is 3. The van der Waals surface area contributed by atoms with Crippen LogP contribution in [-0.2, 0) is 9.53 Å². The molecule has 22 heavy (non-hydrogen) atoms. The van der Waals surface area contributed by atoms with E-state index in [1.807, 2.05) is 39.0 Å². The minimum absolute atomic E-state index is 0.0129. The second-order valence-electron chi connectivity index (χ2n) is 6.83. The molecule has 2 N–H and O–H groups in total. The van der Waals surface area contributed by atoms with Crippen LogP contribution in [0.25, 0.3) is 0 Å². The molecule has 0 saturated carbocycles.